The first-order valence-electron chi connectivity index (χ1n) is 4.18. The first kappa shape index (κ1) is 8.09. The van der Waals surface area contributed by atoms with Crippen LogP contribution in [-0.2, 0) is 0 Å². The molecule has 12 heavy (non-hydrogen) atoms. The van der Waals surface area contributed by atoms with Gasteiger partial charge in [0, 0.05) is 17.5 Å². The van der Waals surface area contributed by atoms with Crippen LogP contribution < -0.4 is 5.32 Å². The molecule has 63 valence electrons. The highest BCUT2D eigenvalue weighted by Gasteiger charge is 2.16. The second-order valence-electron chi connectivity index (χ2n) is 3.07. The Balaban J connectivity index is 2.17. The molecule has 1 aromatic rings. The summed E-state index contributed by atoms with van der Waals surface area (Å²) in [6, 6.07) is 8.08. The number of halogens is 1. The number of nitrogens with one attached hydrogen (secondary N) is 1. The molecule has 1 nitrogen and oxygen atoms in total. The van der Waals surface area contributed by atoms with E-state index >= 15 is 0 Å². The van der Waals surface area contributed by atoms with Gasteiger partial charge in [0.2, 0.25) is 0 Å². The van der Waals surface area contributed by atoms with Crippen LogP contribution in [0.5, 0.6) is 0 Å². The maximum Gasteiger partial charge on any atom is 0.0406 e. The molecular formula is C10H11ClN. The Kier molecular flexibility index (Phi) is 2.33. The lowest BCUT2D eigenvalue weighted by molar-refractivity contribution is 0.823. The second-order valence-corrected chi connectivity index (χ2v) is 3.50. The van der Waals surface area contributed by atoms with E-state index in [9.17, 15) is 0 Å². The van der Waals surface area contributed by atoms with Crippen LogP contribution in [0.2, 0.25) is 5.02 Å². The lowest BCUT2D eigenvalue weighted by atomic mass is 9.99. The summed E-state index contributed by atoms with van der Waals surface area (Å²) in [7, 11) is 0. The van der Waals surface area contributed by atoms with Crippen LogP contribution in [0, 0.1) is 6.54 Å². The van der Waals surface area contributed by atoms with Gasteiger partial charge < -0.3 is 5.32 Å². The van der Waals surface area contributed by atoms with Crippen molar-refractivity contribution in [1.82, 2.24) is 5.32 Å². The molecule has 2 rings (SSSR count). The number of benzene rings is 1. The van der Waals surface area contributed by atoms with Crippen LogP contribution in [0.25, 0.3) is 0 Å². The van der Waals surface area contributed by atoms with E-state index in [1.807, 2.05) is 12.1 Å². The molecule has 1 aromatic carbocycles. The molecule has 0 spiro atoms. The van der Waals surface area contributed by atoms with E-state index in [0.29, 0.717) is 5.92 Å². The molecule has 1 fully saturated rings. The molecule has 1 aliphatic rings. The van der Waals surface area contributed by atoms with Crippen molar-refractivity contribution in [3.8, 4) is 0 Å². The molecule has 0 aromatic heterocycles. The first-order chi connectivity index (χ1) is 5.86. The highest BCUT2D eigenvalue weighted by Crippen LogP contribution is 2.25. The van der Waals surface area contributed by atoms with Gasteiger partial charge in [-0.2, -0.15) is 0 Å². The van der Waals surface area contributed by atoms with Gasteiger partial charge in [-0.15, -0.1) is 0 Å². The van der Waals surface area contributed by atoms with Gasteiger partial charge in [0.1, 0.15) is 0 Å². The molecule has 0 bridgehead atoms. The smallest absolute Gasteiger partial charge is 0.0406 e. The van der Waals surface area contributed by atoms with Gasteiger partial charge in [0.25, 0.3) is 0 Å². The molecule has 1 aliphatic heterocycles. The van der Waals surface area contributed by atoms with Gasteiger partial charge >= 0.3 is 0 Å². The van der Waals surface area contributed by atoms with Gasteiger partial charge in [-0.1, -0.05) is 23.7 Å². The van der Waals surface area contributed by atoms with E-state index in [1.54, 1.807) is 0 Å². The van der Waals surface area contributed by atoms with Gasteiger partial charge in [-0.05, 0) is 30.7 Å². The Bertz CT molecular complexity index is 249. The lowest BCUT2D eigenvalue weighted by Gasteiger charge is -2.07. The summed E-state index contributed by atoms with van der Waals surface area (Å²) in [5.41, 5.74) is 1.35. The monoisotopic (exact) mass is 180 g/mol. The van der Waals surface area contributed by atoms with Crippen LogP contribution in [0.3, 0.4) is 0 Å². The predicted octanol–water partition coefficient (Wildman–Crippen LogP) is 2.58. The highest BCUT2D eigenvalue weighted by atomic mass is 35.5. The molecule has 2 heteroatoms. The Hall–Kier alpha value is -0.530. The Morgan fingerprint density at radius 1 is 1.25 bits per heavy atom. The minimum absolute atomic E-state index is 0.572. The summed E-state index contributed by atoms with van der Waals surface area (Å²) in [5.74, 6) is 0.572. The van der Waals surface area contributed by atoms with E-state index < -0.39 is 0 Å². The van der Waals surface area contributed by atoms with Crippen molar-refractivity contribution in [2.24, 2.45) is 0 Å². The summed E-state index contributed by atoms with van der Waals surface area (Å²) < 4.78 is 0. The van der Waals surface area contributed by atoms with E-state index in [0.717, 1.165) is 11.6 Å². The Labute approximate surface area is 77.7 Å². The zero-order valence-corrected chi connectivity index (χ0v) is 7.51. The van der Waals surface area contributed by atoms with E-state index in [-0.39, 0.29) is 0 Å². The summed E-state index contributed by atoms with van der Waals surface area (Å²) in [4.78, 5) is 0. The maximum absolute atomic E-state index is 5.79. The van der Waals surface area contributed by atoms with Gasteiger partial charge in [0.15, 0.2) is 0 Å². The number of hydrogen-bond donors (Lipinski definition) is 1. The Morgan fingerprint density at radius 3 is 2.58 bits per heavy atom. The normalized spacial score (nSPS) is 22.9. The molecule has 1 atom stereocenters. The van der Waals surface area contributed by atoms with Crippen molar-refractivity contribution in [3.05, 3.63) is 41.4 Å². The first-order valence-corrected chi connectivity index (χ1v) is 4.56. The summed E-state index contributed by atoms with van der Waals surface area (Å²) in [6.45, 7) is 3.25. The molecular weight excluding hydrogens is 170 g/mol. The van der Waals surface area contributed by atoms with E-state index in [4.69, 9.17) is 11.6 Å². The standard InChI is InChI=1S/C10H11ClN/c11-10-3-1-8(2-4-10)9-5-6-12-7-9/h1-4,7,9,12H,5-6H2. The minimum Gasteiger partial charge on any atom is -0.312 e. The van der Waals surface area contributed by atoms with Crippen LogP contribution in [0.1, 0.15) is 17.9 Å². The quantitative estimate of drug-likeness (QED) is 0.701. The molecule has 0 amide bonds. The molecule has 1 N–H and O–H groups in total. The van der Waals surface area contributed by atoms with Gasteiger partial charge in [0.05, 0.1) is 0 Å². The highest BCUT2D eigenvalue weighted by molar-refractivity contribution is 6.30. The number of rotatable bonds is 1. The fraction of sp³-hybridized carbons (Fsp3) is 0.300. The maximum atomic E-state index is 5.79. The van der Waals surface area contributed by atoms with Crippen molar-refractivity contribution in [2.75, 3.05) is 6.54 Å². The van der Waals surface area contributed by atoms with Crippen LogP contribution >= 0.6 is 11.6 Å². The van der Waals surface area contributed by atoms with Crippen molar-refractivity contribution in [1.29, 1.82) is 0 Å². The Morgan fingerprint density at radius 2 is 2.00 bits per heavy atom. The number of hydrogen-bond acceptors (Lipinski definition) is 1. The zero-order valence-electron chi connectivity index (χ0n) is 6.76. The van der Waals surface area contributed by atoms with Crippen molar-refractivity contribution >= 4 is 11.6 Å². The topological polar surface area (TPSA) is 12.0 Å². The fourth-order valence-corrected chi connectivity index (χ4v) is 1.65. The minimum atomic E-state index is 0.572. The third-order valence-electron chi connectivity index (χ3n) is 2.22. The fourth-order valence-electron chi connectivity index (χ4n) is 1.52. The summed E-state index contributed by atoms with van der Waals surface area (Å²) >= 11 is 5.79. The molecule has 0 aliphatic carbocycles. The van der Waals surface area contributed by atoms with Crippen molar-refractivity contribution in [2.45, 2.75) is 12.3 Å². The van der Waals surface area contributed by atoms with Crippen LogP contribution in [0.15, 0.2) is 24.3 Å². The summed E-state index contributed by atoms with van der Waals surface area (Å²) in [5, 5.41) is 4.04. The lowest BCUT2D eigenvalue weighted by Crippen LogP contribution is -2.00. The molecule has 1 saturated heterocycles. The molecule has 1 unspecified atom stereocenters. The third kappa shape index (κ3) is 1.62. The van der Waals surface area contributed by atoms with Crippen molar-refractivity contribution < 1.29 is 0 Å². The third-order valence-corrected chi connectivity index (χ3v) is 2.47. The largest absolute Gasteiger partial charge is 0.312 e. The van der Waals surface area contributed by atoms with Crippen LogP contribution in [0.4, 0.5) is 0 Å². The van der Waals surface area contributed by atoms with Crippen LogP contribution in [-0.4, -0.2) is 6.54 Å². The average molecular weight is 181 g/mol. The molecule has 1 heterocycles. The van der Waals surface area contributed by atoms with E-state index in [2.05, 4.69) is 24.0 Å². The van der Waals surface area contributed by atoms with Gasteiger partial charge in [-0.3, -0.25) is 0 Å². The average Bonchev–Trinajstić information content (AvgIpc) is 2.58. The molecule has 0 saturated carbocycles. The second kappa shape index (κ2) is 3.46. The van der Waals surface area contributed by atoms with Crippen molar-refractivity contribution in [3.63, 3.8) is 0 Å². The van der Waals surface area contributed by atoms with E-state index in [1.165, 1.54) is 12.0 Å². The zero-order chi connectivity index (χ0) is 8.39. The SMILES string of the molecule is Clc1ccc(C2[CH]NCC2)cc1. The summed E-state index contributed by atoms with van der Waals surface area (Å²) in [6.07, 6.45) is 1.20. The predicted molar refractivity (Wildman–Crippen MR) is 51.1 cm³/mol. The molecule has 1 radical (unpaired) electrons. The van der Waals surface area contributed by atoms with Gasteiger partial charge in [-0.25, -0.2) is 0 Å².